The van der Waals surface area contributed by atoms with Crippen LogP contribution in [-0.2, 0) is 0 Å². The van der Waals surface area contributed by atoms with Crippen LogP contribution in [0.1, 0.15) is 16.8 Å². The molecule has 2 aromatic carbocycles. The second kappa shape index (κ2) is 6.28. The van der Waals surface area contributed by atoms with E-state index in [-0.39, 0.29) is 24.9 Å². The number of nitrogens with one attached hydrogen (secondary N) is 2. The van der Waals surface area contributed by atoms with Gasteiger partial charge in [-0.1, -0.05) is 5.12 Å². The minimum absolute atomic E-state index is 0.0468. The van der Waals surface area contributed by atoms with Crippen LogP contribution < -0.4 is 20.2 Å². The number of amides is 1. The van der Waals surface area contributed by atoms with E-state index in [9.17, 15) is 18.8 Å². The number of alkyl halides is 2. The van der Waals surface area contributed by atoms with Gasteiger partial charge in [-0.15, -0.1) is 0 Å². The summed E-state index contributed by atoms with van der Waals surface area (Å²) in [6.45, 7) is -0.256. The number of rotatable bonds is 2. The molecule has 0 aliphatic carbocycles. The molecule has 152 valence electrons. The number of ether oxygens (including phenoxy) is 1. The van der Waals surface area contributed by atoms with Gasteiger partial charge < -0.3 is 19.7 Å². The summed E-state index contributed by atoms with van der Waals surface area (Å²) in [5.41, 5.74) is 6.24. The van der Waals surface area contributed by atoms with E-state index in [0.29, 0.717) is 22.7 Å². The number of hydrazine groups is 1. The molecule has 3 aliphatic rings. The number of nitrogens with zero attached hydrogens (tertiary/aromatic N) is 3. The maximum absolute atomic E-state index is 13.4. The number of carbonyl (C=O) groups excluding carboxylic acids is 1. The molecule has 1 atom stereocenters. The van der Waals surface area contributed by atoms with E-state index in [1.807, 2.05) is 17.0 Å². The Bertz CT molecular complexity index is 1000. The van der Waals surface area contributed by atoms with Crippen molar-refractivity contribution in [1.82, 2.24) is 10.0 Å². The van der Waals surface area contributed by atoms with Gasteiger partial charge in [0.25, 0.3) is 11.8 Å². The summed E-state index contributed by atoms with van der Waals surface area (Å²) in [4.78, 5) is 15.6. The molecule has 0 spiro atoms. The lowest BCUT2D eigenvalue weighted by atomic mass is 10.1. The van der Waals surface area contributed by atoms with E-state index in [2.05, 4.69) is 5.43 Å². The number of hydrogen-bond acceptors (Lipinski definition) is 6. The molecule has 0 aromatic heterocycles. The molecule has 0 saturated carbocycles. The average Bonchev–Trinajstić information content (AvgIpc) is 3.36. The number of likely N-dealkylation sites (tertiary alicyclic amines) is 1. The molecule has 0 radical (unpaired) electrons. The lowest BCUT2D eigenvalue weighted by Crippen LogP contribution is -3.07. The number of halogens is 2. The third kappa shape index (κ3) is 2.96. The first-order valence-corrected chi connectivity index (χ1v) is 9.23. The number of fused-ring (bicyclic) bond motifs is 2. The minimum Gasteiger partial charge on any atom is -0.606 e. The van der Waals surface area contributed by atoms with Crippen LogP contribution in [0.25, 0.3) is 0 Å². The minimum atomic E-state index is -2.82. The molecule has 3 aliphatic heterocycles. The summed E-state index contributed by atoms with van der Waals surface area (Å²) in [6, 6.07) is 10.4. The van der Waals surface area contributed by atoms with Gasteiger partial charge in [0.15, 0.2) is 12.4 Å². The zero-order chi connectivity index (χ0) is 20.3. The normalized spacial score (nSPS) is 22.3. The SMILES string of the molecule is CN1Nc2cc(N3COc4cc(C(=O)N5CCC(F)(F)C5)ccc43)ccc2[NH+]1[O-]. The number of anilines is 3. The zero-order valence-electron chi connectivity index (χ0n) is 15.6. The molecule has 8 nitrogen and oxygen atoms in total. The molecule has 2 N–H and O–H groups in total. The lowest BCUT2D eigenvalue weighted by molar-refractivity contribution is -0.896. The van der Waals surface area contributed by atoms with Crippen LogP contribution in [0.4, 0.5) is 31.5 Å². The monoisotopic (exact) mass is 403 g/mol. The molecule has 1 amide bonds. The molecule has 2 aromatic rings. The highest BCUT2D eigenvalue weighted by atomic mass is 19.3. The van der Waals surface area contributed by atoms with Crippen LogP contribution >= 0.6 is 0 Å². The molecule has 10 heteroatoms. The first kappa shape index (κ1) is 18.1. The predicted octanol–water partition coefficient (Wildman–Crippen LogP) is 1.86. The van der Waals surface area contributed by atoms with Crippen LogP contribution in [0, 0.1) is 5.21 Å². The Morgan fingerprint density at radius 1 is 1.28 bits per heavy atom. The molecular formula is C19H19F2N5O3. The maximum atomic E-state index is 13.4. The maximum Gasteiger partial charge on any atom is 0.267 e. The first-order valence-electron chi connectivity index (χ1n) is 9.23. The predicted molar refractivity (Wildman–Crippen MR) is 101 cm³/mol. The van der Waals surface area contributed by atoms with Crippen LogP contribution in [0.2, 0.25) is 0 Å². The smallest absolute Gasteiger partial charge is 0.267 e. The third-order valence-corrected chi connectivity index (χ3v) is 5.44. The Morgan fingerprint density at radius 3 is 2.86 bits per heavy atom. The zero-order valence-corrected chi connectivity index (χ0v) is 15.6. The highest BCUT2D eigenvalue weighted by Crippen LogP contribution is 2.41. The van der Waals surface area contributed by atoms with E-state index in [1.54, 1.807) is 31.3 Å². The van der Waals surface area contributed by atoms with Crippen molar-refractivity contribution in [2.24, 2.45) is 0 Å². The fourth-order valence-electron chi connectivity index (χ4n) is 3.89. The molecule has 1 fully saturated rings. The molecule has 1 unspecified atom stereocenters. The first-order chi connectivity index (χ1) is 13.8. The molecule has 3 heterocycles. The van der Waals surface area contributed by atoms with E-state index in [4.69, 9.17) is 4.74 Å². The van der Waals surface area contributed by atoms with Gasteiger partial charge in [-0.25, -0.2) is 14.0 Å². The van der Waals surface area contributed by atoms with Gasteiger partial charge >= 0.3 is 0 Å². The van der Waals surface area contributed by atoms with E-state index < -0.39 is 18.4 Å². The third-order valence-electron chi connectivity index (χ3n) is 5.44. The van der Waals surface area contributed by atoms with Crippen molar-refractivity contribution < 1.29 is 23.5 Å². The van der Waals surface area contributed by atoms with Crippen molar-refractivity contribution in [1.29, 1.82) is 0 Å². The number of benzene rings is 2. The summed E-state index contributed by atoms with van der Waals surface area (Å²) in [7, 11) is 1.66. The van der Waals surface area contributed by atoms with Crippen molar-refractivity contribution in [2.75, 3.05) is 37.2 Å². The summed E-state index contributed by atoms with van der Waals surface area (Å²) < 4.78 is 32.6. The summed E-state index contributed by atoms with van der Waals surface area (Å²) in [5, 5.41) is 13.3. The molecular weight excluding hydrogens is 384 g/mol. The van der Waals surface area contributed by atoms with Gasteiger partial charge in [0, 0.05) is 30.3 Å². The van der Waals surface area contributed by atoms with Gasteiger partial charge in [-0.2, -0.15) is 0 Å². The fraction of sp³-hybridized carbons (Fsp3) is 0.316. The van der Waals surface area contributed by atoms with Gasteiger partial charge in [0.1, 0.15) is 11.4 Å². The van der Waals surface area contributed by atoms with Crippen molar-refractivity contribution in [3.05, 3.63) is 47.2 Å². The van der Waals surface area contributed by atoms with E-state index in [1.165, 1.54) is 10.0 Å². The summed E-state index contributed by atoms with van der Waals surface area (Å²) >= 11 is 0. The Hall–Kier alpha value is -2.95. The van der Waals surface area contributed by atoms with Gasteiger partial charge in [0.05, 0.1) is 19.3 Å². The van der Waals surface area contributed by atoms with Gasteiger partial charge in [-0.05, 0) is 30.3 Å². The van der Waals surface area contributed by atoms with E-state index >= 15 is 0 Å². The molecule has 0 bridgehead atoms. The van der Waals surface area contributed by atoms with Crippen molar-refractivity contribution >= 4 is 28.7 Å². The quantitative estimate of drug-likeness (QED) is 0.746. The second-order valence-electron chi connectivity index (χ2n) is 7.42. The van der Waals surface area contributed by atoms with Crippen LogP contribution in [0.5, 0.6) is 5.75 Å². The highest BCUT2D eigenvalue weighted by molar-refractivity contribution is 5.96. The van der Waals surface area contributed by atoms with Crippen LogP contribution in [0.15, 0.2) is 36.4 Å². The Morgan fingerprint density at radius 2 is 2.10 bits per heavy atom. The average molecular weight is 403 g/mol. The molecule has 1 saturated heterocycles. The number of carbonyl (C=O) groups is 1. The van der Waals surface area contributed by atoms with Gasteiger partial charge in [0.2, 0.25) is 0 Å². The Balaban J connectivity index is 1.39. The van der Waals surface area contributed by atoms with E-state index in [0.717, 1.165) is 11.4 Å². The fourth-order valence-corrected chi connectivity index (χ4v) is 3.89. The second-order valence-corrected chi connectivity index (χ2v) is 7.42. The number of quaternary nitrogens is 1. The largest absolute Gasteiger partial charge is 0.606 e. The number of hydrogen-bond donors (Lipinski definition) is 2. The van der Waals surface area contributed by atoms with Crippen LogP contribution in [0.3, 0.4) is 0 Å². The van der Waals surface area contributed by atoms with Gasteiger partial charge in [-0.3, -0.25) is 10.2 Å². The van der Waals surface area contributed by atoms with Crippen LogP contribution in [-0.4, -0.2) is 48.7 Å². The Kier molecular flexibility index (Phi) is 3.92. The highest BCUT2D eigenvalue weighted by Gasteiger charge is 2.40. The summed E-state index contributed by atoms with van der Waals surface area (Å²) in [6.07, 6.45) is -0.308. The van der Waals surface area contributed by atoms with Crippen molar-refractivity contribution in [3.8, 4) is 5.75 Å². The summed E-state index contributed by atoms with van der Waals surface area (Å²) in [5.74, 6) is -2.73. The standard InChI is InChI=1S/C19H19F2N5O3/c1-23-22-14-9-13(3-5-15(14)26(23)28)25-11-29-17-8-12(2-4-16(17)25)18(27)24-7-6-19(20,21)10-24/h2-5,8-9,22,26H,6-7,10-11H2,1H3. The topological polar surface area (TPSA) is 75.5 Å². The molecule has 5 rings (SSSR count). The lowest BCUT2D eigenvalue weighted by Gasteiger charge is -2.21. The molecule has 29 heavy (non-hydrogen) atoms. The van der Waals surface area contributed by atoms with Crippen molar-refractivity contribution in [2.45, 2.75) is 12.3 Å². The Labute approximate surface area is 165 Å². The van der Waals surface area contributed by atoms with Crippen molar-refractivity contribution in [3.63, 3.8) is 0 Å².